The third-order valence-electron chi connectivity index (χ3n) is 2.63. The summed E-state index contributed by atoms with van der Waals surface area (Å²) in [5, 5.41) is 9.73. The van der Waals surface area contributed by atoms with Crippen LogP contribution in [0.5, 0.6) is 0 Å². The molecule has 0 heterocycles. The molecule has 1 unspecified atom stereocenters. The summed E-state index contributed by atoms with van der Waals surface area (Å²) in [7, 11) is 1.76. The number of aliphatic hydroxyl groups excluding tert-OH is 1. The van der Waals surface area contributed by atoms with Crippen LogP contribution in [-0.2, 0) is 16.1 Å². The van der Waals surface area contributed by atoms with Crippen LogP contribution in [0, 0.1) is 5.82 Å². The Morgan fingerprint density at radius 1 is 1.47 bits per heavy atom. The highest BCUT2D eigenvalue weighted by Crippen LogP contribution is 2.09. The predicted octanol–water partition coefficient (Wildman–Crippen LogP) is 1.57. The molecular weight excluding hydrogens is 249 g/mol. The number of carbonyl (C=O) groups is 1. The minimum Gasteiger partial charge on any atom is -0.466 e. The Morgan fingerprint density at radius 2 is 2.16 bits per heavy atom. The van der Waals surface area contributed by atoms with E-state index in [9.17, 15) is 14.3 Å². The van der Waals surface area contributed by atoms with Crippen molar-refractivity contribution in [2.45, 2.75) is 26.0 Å². The number of likely N-dealkylation sites (N-methyl/N-ethyl adjacent to an activating group) is 1. The molecule has 0 bridgehead atoms. The minimum absolute atomic E-state index is 0.0462. The molecule has 1 aromatic rings. The van der Waals surface area contributed by atoms with Gasteiger partial charge in [-0.15, -0.1) is 0 Å². The number of halogens is 1. The molecule has 4 nitrogen and oxygen atoms in total. The van der Waals surface area contributed by atoms with Crippen molar-refractivity contribution in [3.63, 3.8) is 0 Å². The first-order chi connectivity index (χ1) is 9.02. The van der Waals surface area contributed by atoms with Gasteiger partial charge < -0.3 is 9.84 Å². The molecule has 1 atom stereocenters. The monoisotopic (exact) mass is 269 g/mol. The molecule has 106 valence electrons. The van der Waals surface area contributed by atoms with Crippen LogP contribution in [-0.4, -0.2) is 42.3 Å². The second kappa shape index (κ2) is 7.86. The Hall–Kier alpha value is -1.46. The predicted molar refractivity (Wildman–Crippen MR) is 70.0 cm³/mol. The number of aliphatic hydroxyl groups is 1. The summed E-state index contributed by atoms with van der Waals surface area (Å²) in [4.78, 5) is 13.0. The standard InChI is InChI=1S/C14H20FNO3/c1-3-19-14(18)8-12(17)10-16(2)9-11-6-4-5-7-13(11)15/h4-7,12,17H,3,8-10H2,1-2H3. The van der Waals surface area contributed by atoms with Gasteiger partial charge in [0.25, 0.3) is 0 Å². The summed E-state index contributed by atoms with van der Waals surface area (Å²) in [5.41, 5.74) is 0.563. The zero-order valence-electron chi connectivity index (χ0n) is 11.3. The van der Waals surface area contributed by atoms with Gasteiger partial charge in [-0.05, 0) is 20.0 Å². The topological polar surface area (TPSA) is 49.8 Å². The summed E-state index contributed by atoms with van der Waals surface area (Å²) in [6.45, 7) is 2.69. The van der Waals surface area contributed by atoms with E-state index in [0.29, 0.717) is 18.7 Å². The highest BCUT2D eigenvalue weighted by molar-refractivity contribution is 5.69. The van der Waals surface area contributed by atoms with Gasteiger partial charge in [-0.2, -0.15) is 0 Å². The molecule has 1 aromatic carbocycles. The SMILES string of the molecule is CCOC(=O)CC(O)CN(C)Cc1ccccc1F. The van der Waals surface area contributed by atoms with E-state index in [4.69, 9.17) is 4.74 Å². The Morgan fingerprint density at radius 3 is 2.79 bits per heavy atom. The molecular formula is C14H20FNO3. The number of esters is 1. The fourth-order valence-electron chi connectivity index (χ4n) is 1.82. The van der Waals surface area contributed by atoms with Crippen molar-refractivity contribution in [2.24, 2.45) is 0 Å². The van der Waals surface area contributed by atoms with E-state index in [1.165, 1.54) is 6.07 Å². The van der Waals surface area contributed by atoms with E-state index in [0.717, 1.165) is 0 Å². The van der Waals surface area contributed by atoms with Crippen LogP contribution in [0.3, 0.4) is 0 Å². The number of nitrogens with zero attached hydrogens (tertiary/aromatic N) is 1. The lowest BCUT2D eigenvalue weighted by atomic mass is 10.2. The summed E-state index contributed by atoms with van der Waals surface area (Å²) < 4.78 is 18.2. The van der Waals surface area contributed by atoms with Gasteiger partial charge in [-0.25, -0.2) is 4.39 Å². The summed E-state index contributed by atoms with van der Waals surface area (Å²) in [5.74, 6) is -0.691. The van der Waals surface area contributed by atoms with Crippen LogP contribution < -0.4 is 0 Å². The van der Waals surface area contributed by atoms with Crippen LogP contribution >= 0.6 is 0 Å². The third-order valence-corrected chi connectivity index (χ3v) is 2.63. The highest BCUT2D eigenvalue weighted by Gasteiger charge is 2.14. The van der Waals surface area contributed by atoms with Gasteiger partial charge in [-0.3, -0.25) is 9.69 Å². The highest BCUT2D eigenvalue weighted by atomic mass is 19.1. The second-order valence-electron chi connectivity index (χ2n) is 4.45. The van der Waals surface area contributed by atoms with Crippen molar-refractivity contribution in [1.29, 1.82) is 0 Å². The number of carbonyl (C=O) groups excluding carboxylic acids is 1. The fourth-order valence-corrected chi connectivity index (χ4v) is 1.82. The van der Waals surface area contributed by atoms with E-state index < -0.39 is 12.1 Å². The van der Waals surface area contributed by atoms with Crippen molar-refractivity contribution in [3.05, 3.63) is 35.6 Å². The summed E-state index contributed by atoms with van der Waals surface area (Å²) in [6.07, 6.45) is -0.856. The van der Waals surface area contributed by atoms with Crippen molar-refractivity contribution in [2.75, 3.05) is 20.2 Å². The molecule has 0 fully saturated rings. The lowest BCUT2D eigenvalue weighted by Crippen LogP contribution is -2.31. The second-order valence-corrected chi connectivity index (χ2v) is 4.45. The van der Waals surface area contributed by atoms with Gasteiger partial charge >= 0.3 is 5.97 Å². The molecule has 0 aliphatic heterocycles. The number of hydrogen-bond acceptors (Lipinski definition) is 4. The Balaban J connectivity index is 2.40. The molecule has 19 heavy (non-hydrogen) atoms. The first-order valence-electron chi connectivity index (χ1n) is 6.28. The number of ether oxygens (including phenoxy) is 1. The van der Waals surface area contributed by atoms with Gasteiger partial charge in [0.1, 0.15) is 5.82 Å². The van der Waals surface area contributed by atoms with Crippen LogP contribution in [0.2, 0.25) is 0 Å². The fraction of sp³-hybridized carbons (Fsp3) is 0.500. The van der Waals surface area contributed by atoms with Crippen molar-refractivity contribution in [3.8, 4) is 0 Å². The van der Waals surface area contributed by atoms with Gasteiger partial charge in [-0.1, -0.05) is 18.2 Å². The van der Waals surface area contributed by atoms with Crippen molar-refractivity contribution in [1.82, 2.24) is 4.90 Å². The lowest BCUT2D eigenvalue weighted by Gasteiger charge is -2.20. The van der Waals surface area contributed by atoms with Crippen LogP contribution in [0.25, 0.3) is 0 Å². The average Bonchev–Trinajstić information content (AvgIpc) is 2.31. The Kier molecular flexibility index (Phi) is 6.45. The molecule has 0 aliphatic carbocycles. The van der Waals surface area contributed by atoms with E-state index >= 15 is 0 Å². The summed E-state index contributed by atoms with van der Waals surface area (Å²) >= 11 is 0. The largest absolute Gasteiger partial charge is 0.466 e. The number of rotatable bonds is 7. The van der Waals surface area contributed by atoms with Gasteiger partial charge in [0.05, 0.1) is 19.1 Å². The molecule has 0 saturated heterocycles. The van der Waals surface area contributed by atoms with Gasteiger partial charge in [0, 0.05) is 18.7 Å². The lowest BCUT2D eigenvalue weighted by molar-refractivity contribution is -0.145. The molecule has 5 heteroatoms. The van der Waals surface area contributed by atoms with Crippen LogP contribution in [0.15, 0.2) is 24.3 Å². The smallest absolute Gasteiger partial charge is 0.308 e. The van der Waals surface area contributed by atoms with Crippen LogP contribution in [0.1, 0.15) is 18.9 Å². The molecule has 1 N–H and O–H groups in total. The first kappa shape index (κ1) is 15.6. The van der Waals surface area contributed by atoms with E-state index in [-0.39, 0.29) is 18.8 Å². The zero-order chi connectivity index (χ0) is 14.3. The van der Waals surface area contributed by atoms with Gasteiger partial charge in [0.2, 0.25) is 0 Å². The van der Waals surface area contributed by atoms with Gasteiger partial charge in [0.15, 0.2) is 0 Å². The van der Waals surface area contributed by atoms with E-state index in [1.54, 1.807) is 37.1 Å². The third kappa shape index (κ3) is 5.81. The zero-order valence-corrected chi connectivity index (χ0v) is 11.3. The average molecular weight is 269 g/mol. The maximum atomic E-state index is 13.4. The molecule has 0 aromatic heterocycles. The Labute approximate surface area is 112 Å². The maximum Gasteiger partial charge on any atom is 0.308 e. The quantitative estimate of drug-likeness (QED) is 0.763. The minimum atomic E-state index is -0.809. The summed E-state index contributed by atoms with van der Waals surface area (Å²) in [6, 6.07) is 6.50. The number of benzene rings is 1. The van der Waals surface area contributed by atoms with Crippen LogP contribution in [0.4, 0.5) is 4.39 Å². The van der Waals surface area contributed by atoms with E-state index in [2.05, 4.69) is 0 Å². The maximum absolute atomic E-state index is 13.4. The first-order valence-corrected chi connectivity index (χ1v) is 6.28. The van der Waals surface area contributed by atoms with Crippen molar-refractivity contribution < 1.29 is 19.0 Å². The molecule has 0 saturated carbocycles. The van der Waals surface area contributed by atoms with E-state index in [1.807, 2.05) is 0 Å². The molecule has 0 aliphatic rings. The van der Waals surface area contributed by atoms with Crippen molar-refractivity contribution >= 4 is 5.97 Å². The number of hydrogen-bond donors (Lipinski definition) is 1. The molecule has 1 rings (SSSR count). The molecule has 0 spiro atoms. The molecule has 0 radical (unpaired) electrons. The molecule has 0 amide bonds. The Bertz CT molecular complexity index is 411. The normalized spacial score (nSPS) is 12.5.